The van der Waals surface area contributed by atoms with Crippen molar-refractivity contribution in [1.29, 1.82) is 0 Å². The zero-order valence-electron chi connectivity index (χ0n) is 11.1. The lowest BCUT2D eigenvalue weighted by Crippen LogP contribution is -2.04. The molecule has 0 aliphatic rings. The fraction of sp³-hybridized carbons (Fsp3) is 0.0625. The lowest BCUT2D eigenvalue weighted by Gasteiger charge is -2.07. The first-order valence-corrected chi connectivity index (χ1v) is 6.82. The van der Waals surface area contributed by atoms with Crippen molar-refractivity contribution in [2.75, 3.05) is 0 Å². The molecule has 2 aromatic carbocycles. The normalized spacial score (nSPS) is 11.6. The summed E-state index contributed by atoms with van der Waals surface area (Å²) in [6.07, 6.45) is -4.36. The topological polar surface area (TPSA) is 28.9 Å². The minimum atomic E-state index is -4.36. The molecule has 3 rings (SSSR count). The van der Waals surface area contributed by atoms with Crippen LogP contribution in [0.25, 0.3) is 22.6 Å². The molecule has 22 heavy (non-hydrogen) atoms. The summed E-state index contributed by atoms with van der Waals surface area (Å²) in [5.74, 6) is 0.505. The number of halogens is 3. The van der Waals surface area contributed by atoms with Crippen LogP contribution >= 0.6 is 12.2 Å². The van der Waals surface area contributed by atoms with Gasteiger partial charge >= 0.3 is 6.18 Å². The van der Waals surface area contributed by atoms with Gasteiger partial charge < -0.3 is 9.40 Å². The third-order valence-corrected chi connectivity index (χ3v) is 3.37. The molecule has 0 saturated heterocycles. The molecule has 1 N–H and O–H groups in total. The molecule has 0 bridgehead atoms. The summed E-state index contributed by atoms with van der Waals surface area (Å²) >= 11 is 5.00. The quantitative estimate of drug-likeness (QED) is 0.614. The molecule has 0 spiro atoms. The van der Waals surface area contributed by atoms with Crippen LogP contribution in [0.15, 0.2) is 59.0 Å². The molecule has 2 nitrogen and oxygen atoms in total. The SMILES string of the molecule is FC(F)(F)c1ccc(-c2[nH]c(=S)oc2-c2ccccc2)cc1. The highest BCUT2D eigenvalue weighted by Crippen LogP contribution is 2.34. The second-order valence-corrected chi connectivity index (χ2v) is 5.03. The van der Waals surface area contributed by atoms with Gasteiger partial charge in [0.2, 0.25) is 0 Å². The van der Waals surface area contributed by atoms with Crippen molar-refractivity contribution < 1.29 is 17.6 Å². The maximum atomic E-state index is 12.6. The summed E-state index contributed by atoms with van der Waals surface area (Å²) in [6, 6.07) is 14.1. The zero-order valence-corrected chi connectivity index (χ0v) is 12.0. The molecule has 0 aliphatic carbocycles. The molecule has 0 radical (unpaired) electrons. The van der Waals surface area contributed by atoms with Gasteiger partial charge in [-0.3, -0.25) is 0 Å². The monoisotopic (exact) mass is 321 g/mol. The summed E-state index contributed by atoms with van der Waals surface area (Å²) in [7, 11) is 0. The highest BCUT2D eigenvalue weighted by atomic mass is 32.1. The van der Waals surface area contributed by atoms with Gasteiger partial charge in [0.25, 0.3) is 4.84 Å². The first-order valence-electron chi connectivity index (χ1n) is 6.41. The van der Waals surface area contributed by atoms with Crippen LogP contribution in [0.5, 0.6) is 0 Å². The van der Waals surface area contributed by atoms with Crippen molar-refractivity contribution in [3.63, 3.8) is 0 Å². The van der Waals surface area contributed by atoms with Gasteiger partial charge in [0.1, 0.15) is 0 Å². The lowest BCUT2D eigenvalue weighted by atomic mass is 10.0. The minimum absolute atomic E-state index is 0.175. The van der Waals surface area contributed by atoms with E-state index in [4.69, 9.17) is 16.6 Å². The molecule has 1 aromatic heterocycles. The van der Waals surface area contributed by atoms with Gasteiger partial charge in [-0.05, 0) is 24.4 Å². The predicted octanol–water partition coefficient (Wildman–Crippen LogP) is 5.69. The molecular formula is C16H10F3NOS. The molecule has 1 heterocycles. The maximum Gasteiger partial charge on any atom is 0.416 e. The van der Waals surface area contributed by atoms with E-state index >= 15 is 0 Å². The molecule has 0 unspecified atom stereocenters. The average molecular weight is 321 g/mol. The zero-order chi connectivity index (χ0) is 15.7. The number of aromatic amines is 1. The van der Waals surface area contributed by atoms with Crippen molar-refractivity contribution in [1.82, 2.24) is 4.98 Å². The van der Waals surface area contributed by atoms with Crippen molar-refractivity contribution in [2.24, 2.45) is 0 Å². The Labute approximate surface area is 129 Å². The molecule has 0 amide bonds. The molecular weight excluding hydrogens is 311 g/mol. The number of alkyl halides is 3. The van der Waals surface area contributed by atoms with E-state index in [1.54, 1.807) is 0 Å². The van der Waals surface area contributed by atoms with Crippen molar-refractivity contribution in [3.8, 4) is 22.6 Å². The van der Waals surface area contributed by atoms with Crippen LogP contribution in [0.3, 0.4) is 0 Å². The van der Waals surface area contributed by atoms with E-state index in [2.05, 4.69) is 4.98 Å². The Morgan fingerprint density at radius 2 is 1.50 bits per heavy atom. The third kappa shape index (κ3) is 2.82. The molecule has 0 saturated carbocycles. The smallest absolute Gasteiger partial charge is 0.416 e. The van der Waals surface area contributed by atoms with E-state index in [9.17, 15) is 13.2 Å². The largest absolute Gasteiger partial charge is 0.429 e. The van der Waals surface area contributed by atoms with Crippen molar-refractivity contribution in [2.45, 2.75) is 6.18 Å². The van der Waals surface area contributed by atoms with Gasteiger partial charge in [0, 0.05) is 11.1 Å². The number of hydrogen-bond donors (Lipinski definition) is 1. The molecule has 6 heteroatoms. The van der Waals surface area contributed by atoms with Crippen LogP contribution in [-0.2, 0) is 6.18 Å². The Morgan fingerprint density at radius 1 is 0.864 bits per heavy atom. The second-order valence-electron chi connectivity index (χ2n) is 4.66. The molecule has 0 fully saturated rings. The standard InChI is InChI=1S/C16H10F3NOS/c17-16(18,19)12-8-6-10(7-9-12)13-14(21-15(22)20-13)11-4-2-1-3-5-11/h1-9H,(H,20,22). The van der Waals surface area contributed by atoms with Gasteiger partial charge in [0.15, 0.2) is 5.76 Å². The number of oxazole rings is 1. The molecule has 0 atom stereocenters. The Bertz CT molecular complexity index is 832. The summed E-state index contributed by atoms with van der Waals surface area (Å²) in [5, 5.41) is 0. The van der Waals surface area contributed by atoms with E-state index in [0.29, 0.717) is 17.0 Å². The Balaban J connectivity index is 2.08. The summed E-state index contributed by atoms with van der Waals surface area (Å²) in [6.45, 7) is 0. The van der Waals surface area contributed by atoms with Gasteiger partial charge in [-0.2, -0.15) is 13.2 Å². The fourth-order valence-corrected chi connectivity index (χ4v) is 2.34. The van der Waals surface area contributed by atoms with Crippen molar-refractivity contribution >= 4 is 12.2 Å². The molecule has 3 aromatic rings. The van der Waals surface area contributed by atoms with Gasteiger partial charge in [0.05, 0.1) is 11.3 Å². The Kier molecular flexibility index (Phi) is 3.62. The van der Waals surface area contributed by atoms with Crippen LogP contribution in [0, 0.1) is 4.84 Å². The second kappa shape index (κ2) is 5.46. The number of benzene rings is 2. The van der Waals surface area contributed by atoms with Crippen LogP contribution in [-0.4, -0.2) is 4.98 Å². The number of rotatable bonds is 2. The van der Waals surface area contributed by atoms with Crippen molar-refractivity contribution in [3.05, 3.63) is 65.0 Å². The van der Waals surface area contributed by atoms with E-state index in [1.165, 1.54) is 12.1 Å². The van der Waals surface area contributed by atoms with Crippen LogP contribution in [0.2, 0.25) is 0 Å². The van der Waals surface area contributed by atoms with E-state index < -0.39 is 11.7 Å². The van der Waals surface area contributed by atoms with Gasteiger partial charge in [-0.15, -0.1) is 0 Å². The summed E-state index contributed by atoms with van der Waals surface area (Å²) < 4.78 is 43.4. The van der Waals surface area contributed by atoms with Gasteiger partial charge in [-0.1, -0.05) is 42.5 Å². The Hall–Kier alpha value is -2.34. The third-order valence-electron chi connectivity index (χ3n) is 3.19. The molecule has 0 aliphatic heterocycles. The first-order chi connectivity index (χ1) is 10.4. The highest BCUT2D eigenvalue weighted by molar-refractivity contribution is 7.71. The summed E-state index contributed by atoms with van der Waals surface area (Å²) in [4.78, 5) is 3.06. The highest BCUT2D eigenvalue weighted by Gasteiger charge is 2.30. The van der Waals surface area contributed by atoms with Crippen LogP contribution in [0.1, 0.15) is 5.56 Å². The summed E-state index contributed by atoms with van der Waals surface area (Å²) in [5.41, 5.74) is 1.24. The van der Waals surface area contributed by atoms with Gasteiger partial charge in [-0.25, -0.2) is 0 Å². The Morgan fingerprint density at radius 3 is 2.09 bits per heavy atom. The maximum absolute atomic E-state index is 12.6. The lowest BCUT2D eigenvalue weighted by molar-refractivity contribution is -0.137. The number of H-pyrrole nitrogens is 1. The van der Waals surface area contributed by atoms with Crippen LogP contribution < -0.4 is 0 Å². The number of nitrogens with one attached hydrogen (secondary N) is 1. The van der Waals surface area contributed by atoms with E-state index in [-0.39, 0.29) is 4.84 Å². The molecule has 112 valence electrons. The number of hydrogen-bond acceptors (Lipinski definition) is 2. The van der Waals surface area contributed by atoms with E-state index in [0.717, 1.165) is 17.7 Å². The fourth-order valence-electron chi connectivity index (χ4n) is 2.15. The van der Waals surface area contributed by atoms with E-state index in [1.807, 2.05) is 30.3 Å². The first kappa shape index (κ1) is 14.6. The minimum Gasteiger partial charge on any atom is -0.429 e. The number of aromatic nitrogens is 1. The van der Waals surface area contributed by atoms with Crippen LogP contribution in [0.4, 0.5) is 13.2 Å². The average Bonchev–Trinajstić information content (AvgIpc) is 2.89. The predicted molar refractivity (Wildman–Crippen MR) is 79.8 cm³/mol.